The summed E-state index contributed by atoms with van der Waals surface area (Å²) in [7, 11) is 0. The molecule has 0 aliphatic rings. The van der Waals surface area contributed by atoms with E-state index in [4.69, 9.17) is 4.52 Å². The number of aryl methyl sites for hydroxylation is 1. The summed E-state index contributed by atoms with van der Waals surface area (Å²) in [6.45, 7) is 5.53. The van der Waals surface area contributed by atoms with E-state index in [1.807, 2.05) is 6.07 Å². The van der Waals surface area contributed by atoms with Crippen LogP contribution in [0, 0.1) is 6.92 Å². The highest BCUT2D eigenvalue weighted by Gasteiger charge is 2.32. The molecule has 0 aliphatic heterocycles. The number of hydrogen-bond acceptors (Lipinski definition) is 5. The minimum absolute atomic E-state index is 0.161. The van der Waals surface area contributed by atoms with Crippen LogP contribution in [0.1, 0.15) is 46.8 Å². The molecule has 1 aromatic carbocycles. The number of halogens is 3. The number of nitrogens with one attached hydrogen (secondary N) is 1. The second kappa shape index (κ2) is 9.13. The van der Waals surface area contributed by atoms with E-state index in [0.29, 0.717) is 27.7 Å². The minimum atomic E-state index is -4.42. The van der Waals surface area contributed by atoms with Crippen molar-refractivity contribution in [1.82, 2.24) is 15.5 Å². The smallest absolute Gasteiger partial charge is 0.361 e. The van der Waals surface area contributed by atoms with Crippen LogP contribution in [0.15, 0.2) is 58.2 Å². The Balaban J connectivity index is 1.69. The predicted molar refractivity (Wildman–Crippen MR) is 112 cm³/mol. The highest BCUT2D eigenvalue weighted by Crippen LogP contribution is 2.32. The molecule has 0 radical (unpaired) electrons. The highest BCUT2D eigenvalue weighted by atomic mass is 32.2. The summed E-state index contributed by atoms with van der Waals surface area (Å²) in [5, 5.41) is 7.30. The van der Waals surface area contributed by atoms with Crippen molar-refractivity contribution in [2.24, 2.45) is 0 Å². The molecule has 2 heterocycles. The Morgan fingerprint density at radius 1 is 1.13 bits per heavy atom. The van der Waals surface area contributed by atoms with E-state index in [1.165, 1.54) is 17.8 Å². The van der Waals surface area contributed by atoms with E-state index in [9.17, 15) is 18.0 Å². The third kappa shape index (κ3) is 5.88. The van der Waals surface area contributed by atoms with E-state index in [0.717, 1.165) is 17.8 Å². The fourth-order valence-electron chi connectivity index (χ4n) is 2.92. The fraction of sp³-hybridized carbons (Fsp3) is 0.318. The molecule has 0 saturated carbocycles. The molecule has 0 aliphatic carbocycles. The quantitative estimate of drug-likeness (QED) is 0.490. The number of carbonyl (C=O) groups is 1. The summed E-state index contributed by atoms with van der Waals surface area (Å²) in [5.74, 6) is 0.850. The van der Waals surface area contributed by atoms with Crippen molar-refractivity contribution < 1.29 is 22.5 Å². The van der Waals surface area contributed by atoms with Gasteiger partial charge >= 0.3 is 6.18 Å². The number of benzene rings is 1. The number of aromatic nitrogens is 2. The van der Waals surface area contributed by atoms with Crippen molar-refractivity contribution >= 4 is 17.7 Å². The normalized spacial score (nSPS) is 12.1. The Labute approximate surface area is 182 Å². The maximum absolute atomic E-state index is 13.0. The lowest BCUT2D eigenvalue weighted by atomic mass is 9.83. The first-order valence-electron chi connectivity index (χ1n) is 9.52. The lowest BCUT2D eigenvalue weighted by Crippen LogP contribution is -2.37. The van der Waals surface area contributed by atoms with Crippen LogP contribution in [0.4, 0.5) is 13.2 Å². The molecule has 164 valence electrons. The van der Waals surface area contributed by atoms with Gasteiger partial charge in [0.1, 0.15) is 10.8 Å². The molecule has 0 bridgehead atoms. The number of amides is 1. The van der Waals surface area contributed by atoms with Gasteiger partial charge < -0.3 is 9.84 Å². The first kappa shape index (κ1) is 22.9. The van der Waals surface area contributed by atoms with Gasteiger partial charge in [-0.3, -0.25) is 4.79 Å². The number of carbonyl (C=O) groups excluding carboxylic acids is 1. The van der Waals surface area contributed by atoms with E-state index in [1.54, 1.807) is 45.2 Å². The molecule has 2 aromatic heterocycles. The zero-order valence-corrected chi connectivity index (χ0v) is 18.1. The molecule has 0 saturated heterocycles. The third-order valence-corrected chi connectivity index (χ3v) is 5.75. The van der Waals surface area contributed by atoms with E-state index in [2.05, 4.69) is 15.5 Å². The average Bonchev–Trinajstić information content (AvgIpc) is 3.15. The Morgan fingerprint density at radius 3 is 2.55 bits per heavy atom. The van der Waals surface area contributed by atoms with Crippen LogP contribution < -0.4 is 5.32 Å². The third-order valence-electron chi connectivity index (χ3n) is 4.71. The first-order chi connectivity index (χ1) is 14.6. The van der Waals surface area contributed by atoms with Gasteiger partial charge in [-0.15, -0.1) is 0 Å². The predicted octanol–water partition coefficient (Wildman–Crippen LogP) is 5.40. The van der Waals surface area contributed by atoms with Crippen LogP contribution in [0.25, 0.3) is 0 Å². The Bertz CT molecular complexity index is 1060. The molecule has 3 rings (SSSR count). The van der Waals surface area contributed by atoms with Crippen LogP contribution in [-0.4, -0.2) is 22.6 Å². The van der Waals surface area contributed by atoms with E-state index < -0.39 is 17.2 Å². The van der Waals surface area contributed by atoms with E-state index >= 15 is 0 Å². The summed E-state index contributed by atoms with van der Waals surface area (Å²) in [6.07, 6.45) is -2.82. The van der Waals surface area contributed by atoms with Crippen molar-refractivity contribution in [3.8, 4) is 0 Å². The number of nitrogens with zero attached hydrogens (tertiary/aromatic N) is 2. The molecule has 5 nitrogen and oxygen atoms in total. The molecular formula is C22H22F3N3O2S. The minimum Gasteiger partial charge on any atom is -0.361 e. The van der Waals surface area contributed by atoms with Gasteiger partial charge in [-0.1, -0.05) is 49.0 Å². The highest BCUT2D eigenvalue weighted by molar-refractivity contribution is 7.98. The van der Waals surface area contributed by atoms with Crippen LogP contribution >= 0.6 is 11.8 Å². The zero-order valence-electron chi connectivity index (χ0n) is 17.3. The van der Waals surface area contributed by atoms with Gasteiger partial charge in [-0.2, -0.15) is 13.2 Å². The van der Waals surface area contributed by atoms with Gasteiger partial charge in [0.05, 0.1) is 16.8 Å². The van der Waals surface area contributed by atoms with Crippen LogP contribution in [0.5, 0.6) is 0 Å². The van der Waals surface area contributed by atoms with Gasteiger partial charge in [0.2, 0.25) is 0 Å². The van der Waals surface area contributed by atoms with Crippen LogP contribution in [-0.2, 0) is 17.3 Å². The number of pyridine rings is 1. The summed E-state index contributed by atoms with van der Waals surface area (Å²) in [6, 6.07) is 10.3. The lowest BCUT2D eigenvalue weighted by molar-refractivity contribution is -0.137. The maximum Gasteiger partial charge on any atom is 0.416 e. The largest absolute Gasteiger partial charge is 0.416 e. The molecule has 1 amide bonds. The standard InChI is InChI=1S/C22H22F3N3O2S/c1-14-10-17(28-30-14)12-31-20-18(8-5-9-26-20)19(29)27-13-21(2,3)15-6-4-7-16(11-15)22(23,24)25/h4-11H,12-13H2,1-3H3,(H,27,29). The van der Waals surface area contributed by atoms with Crippen LogP contribution in [0.2, 0.25) is 0 Å². The monoisotopic (exact) mass is 449 g/mol. The topological polar surface area (TPSA) is 68.0 Å². The molecule has 0 atom stereocenters. The Kier molecular flexibility index (Phi) is 6.74. The Hall–Kier alpha value is -2.81. The van der Waals surface area contributed by atoms with Gasteiger partial charge in [0.15, 0.2) is 0 Å². The second-order valence-corrected chi connectivity index (χ2v) is 8.68. The van der Waals surface area contributed by atoms with Crippen molar-refractivity contribution in [3.05, 3.63) is 76.8 Å². The van der Waals surface area contributed by atoms with E-state index in [-0.39, 0.29) is 12.5 Å². The maximum atomic E-state index is 13.0. The molecule has 0 unspecified atom stereocenters. The summed E-state index contributed by atoms with van der Waals surface area (Å²) < 4.78 is 44.2. The van der Waals surface area contributed by atoms with Crippen LogP contribution in [0.3, 0.4) is 0 Å². The Morgan fingerprint density at radius 2 is 1.87 bits per heavy atom. The van der Waals surface area contributed by atoms with Gasteiger partial charge in [0, 0.05) is 30.0 Å². The van der Waals surface area contributed by atoms with Crippen molar-refractivity contribution in [1.29, 1.82) is 0 Å². The number of alkyl halides is 3. The molecule has 0 spiro atoms. The zero-order chi connectivity index (χ0) is 22.6. The van der Waals surface area contributed by atoms with Gasteiger partial charge in [-0.05, 0) is 30.7 Å². The summed E-state index contributed by atoms with van der Waals surface area (Å²) in [5.41, 5.74) is 0.214. The molecule has 0 fully saturated rings. The number of hydrogen-bond donors (Lipinski definition) is 1. The summed E-state index contributed by atoms with van der Waals surface area (Å²) >= 11 is 1.36. The lowest BCUT2D eigenvalue weighted by Gasteiger charge is -2.26. The van der Waals surface area contributed by atoms with Crippen molar-refractivity contribution in [2.75, 3.05) is 6.54 Å². The summed E-state index contributed by atoms with van der Waals surface area (Å²) in [4.78, 5) is 17.1. The molecule has 3 aromatic rings. The molecule has 1 N–H and O–H groups in total. The van der Waals surface area contributed by atoms with Gasteiger partial charge in [0.25, 0.3) is 5.91 Å². The number of rotatable bonds is 7. The van der Waals surface area contributed by atoms with Gasteiger partial charge in [-0.25, -0.2) is 4.98 Å². The fourth-order valence-corrected chi connectivity index (χ4v) is 3.79. The molecule has 9 heteroatoms. The molecule has 31 heavy (non-hydrogen) atoms. The number of thioether (sulfide) groups is 1. The SMILES string of the molecule is Cc1cc(CSc2ncccc2C(=O)NCC(C)(C)c2cccc(C(F)(F)F)c2)no1. The first-order valence-corrected chi connectivity index (χ1v) is 10.5. The molecular weight excluding hydrogens is 427 g/mol. The van der Waals surface area contributed by atoms with Crippen molar-refractivity contribution in [2.45, 2.75) is 43.1 Å². The second-order valence-electron chi connectivity index (χ2n) is 7.72. The average molecular weight is 449 g/mol. The van der Waals surface area contributed by atoms with Crippen molar-refractivity contribution in [3.63, 3.8) is 0 Å².